The molecular formula is C11H18N2O2. The summed E-state index contributed by atoms with van der Waals surface area (Å²) < 4.78 is 0. The van der Waals surface area contributed by atoms with Gasteiger partial charge in [-0.05, 0) is 30.5 Å². The highest BCUT2D eigenvalue weighted by atomic mass is 16.3. The normalized spacial score (nSPS) is 12.7. The van der Waals surface area contributed by atoms with Crippen molar-refractivity contribution in [1.29, 1.82) is 0 Å². The molecule has 0 heterocycles. The third-order valence-corrected chi connectivity index (χ3v) is 2.18. The summed E-state index contributed by atoms with van der Waals surface area (Å²) in [6, 6.07) is 7.61. The van der Waals surface area contributed by atoms with E-state index in [1.165, 1.54) is 0 Å². The molecular weight excluding hydrogens is 192 g/mol. The Hall–Kier alpha value is -1.10. The molecule has 0 saturated carbocycles. The molecule has 84 valence electrons. The summed E-state index contributed by atoms with van der Waals surface area (Å²) in [4.78, 5) is 0. The molecule has 0 aromatic heterocycles. The van der Waals surface area contributed by atoms with Gasteiger partial charge in [0, 0.05) is 12.2 Å². The number of aryl methyl sites for hydroxylation is 1. The zero-order chi connectivity index (χ0) is 11.1. The monoisotopic (exact) mass is 210 g/mol. The molecule has 0 fully saturated rings. The van der Waals surface area contributed by atoms with E-state index in [-0.39, 0.29) is 6.61 Å². The number of benzene rings is 1. The molecule has 1 aromatic rings. The lowest BCUT2D eigenvalue weighted by molar-refractivity contribution is 0.119. The number of aliphatic hydroxyl groups excluding tert-OH is 2. The Morgan fingerprint density at radius 2 is 1.93 bits per heavy atom. The Bertz CT molecular complexity index is 274. The number of aliphatic hydroxyl groups is 2. The van der Waals surface area contributed by atoms with Gasteiger partial charge in [-0.1, -0.05) is 12.1 Å². The number of anilines is 1. The Morgan fingerprint density at radius 3 is 2.53 bits per heavy atom. The summed E-state index contributed by atoms with van der Waals surface area (Å²) in [6.07, 6.45) is 0.860. The van der Waals surface area contributed by atoms with Gasteiger partial charge in [0.15, 0.2) is 0 Å². The molecule has 0 radical (unpaired) electrons. The summed E-state index contributed by atoms with van der Waals surface area (Å²) in [5.41, 5.74) is 7.45. The average molecular weight is 210 g/mol. The van der Waals surface area contributed by atoms with Crippen molar-refractivity contribution in [2.45, 2.75) is 19.1 Å². The number of nitrogen functional groups attached to an aromatic ring is 1. The third-order valence-electron chi connectivity index (χ3n) is 2.18. The first-order chi connectivity index (χ1) is 7.22. The quantitative estimate of drug-likeness (QED) is 0.397. The smallest absolute Gasteiger partial charge is 0.105 e. The van der Waals surface area contributed by atoms with Crippen molar-refractivity contribution < 1.29 is 10.2 Å². The largest absolute Gasteiger partial charge is 0.399 e. The van der Waals surface area contributed by atoms with Crippen molar-refractivity contribution in [2.75, 3.05) is 18.9 Å². The van der Waals surface area contributed by atoms with E-state index in [1.54, 1.807) is 0 Å². The molecule has 5 N–H and O–H groups in total. The van der Waals surface area contributed by atoms with Crippen molar-refractivity contribution in [3.05, 3.63) is 29.8 Å². The van der Waals surface area contributed by atoms with Crippen molar-refractivity contribution in [3.8, 4) is 0 Å². The fraction of sp³-hybridized carbons (Fsp3) is 0.455. The summed E-state index contributed by atoms with van der Waals surface area (Å²) in [6.45, 7) is 0.460. The van der Waals surface area contributed by atoms with Crippen LogP contribution in [-0.2, 0) is 6.42 Å². The number of hydrogen-bond acceptors (Lipinski definition) is 4. The summed E-state index contributed by atoms with van der Waals surface area (Å²) in [5, 5.41) is 20.8. The fourth-order valence-electron chi connectivity index (χ4n) is 1.32. The highest BCUT2D eigenvalue weighted by Crippen LogP contribution is 2.08. The Morgan fingerprint density at radius 1 is 1.27 bits per heavy atom. The topological polar surface area (TPSA) is 78.5 Å². The van der Waals surface area contributed by atoms with Crippen LogP contribution < -0.4 is 11.1 Å². The predicted molar refractivity (Wildman–Crippen MR) is 60.3 cm³/mol. The molecule has 0 aliphatic carbocycles. The molecule has 0 amide bonds. The van der Waals surface area contributed by atoms with Crippen LogP contribution in [0.5, 0.6) is 0 Å². The van der Waals surface area contributed by atoms with Gasteiger partial charge in [-0.2, -0.15) is 0 Å². The zero-order valence-corrected chi connectivity index (χ0v) is 8.69. The molecule has 1 rings (SSSR count). The standard InChI is InChI=1S/C11H18N2O2/c12-10-4-1-9(2-5-10)3-6-11(15)13-7-8-14/h1-2,4-5,11,13-15H,3,6-8,12H2. The molecule has 0 saturated heterocycles. The van der Waals surface area contributed by atoms with Crippen LogP contribution in [0.4, 0.5) is 5.69 Å². The first kappa shape index (κ1) is 12.0. The zero-order valence-electron chi connectivity index (χ0n) is 8.69. The number of nitrogens with one attached hydrogen (secondary N) is 1. The third kappa shape index (κ3) is 4.78. The highest BCUT2D eigenvalue weighted by molar-refractivity contribution is 5.39. The van der Waals surface area contributed by atoms with Crippen LogP contribution in [0.25, 0.3) is 0 Å². The van der Waals surface area contributed by atoms with Crippen LogP contribution in [0.15, 0.2) is 24.3 Å². The molecule has 1 unspecified atom stereocenters. The van der Waals surface area contributed by atoms with Gasteiger partial charge in [-0.3, -0.25) is 5.32 Å². The van der Waals surface area contributed by atoms with Gasteiger partial charge < -0.3 is 15.9 Å². The molecule has 1 aromatic carbocycles. The lowest BCUT2D eigenvalue weighted by atomic mass is 10.1. The molecule has 0 spiro atoms. The van der Waals surface area contributed by atoms with Gasteiger partial charge in [0.25, 0.3) is 0 Å². The van der Waals surface area contributed by atoms with Crippen molar-refractivity contribution >= 4 is 5.69 Å². The summed E-state index contributed by atoms with van der Waals surface area (Å²) in [7, 11) is 0. The van der Waals surface area contributed by atoms with Crippen LogP contribution >= 0.6 is 0 Å². The van der Waals surface area contributed by atoms with Crippen molar-refractivity contribution in [3.63, 3.8) is 0 Å². The van der Waals surface area contributed by atoms with Gasteiger partial charge in [0.05, 0.1) is 6.61 Å². The van der Waals surface area contributed by atoms with E-state index in [1.807, 2.05) is 24.3 Å². The number of nitrogens with two attached hydrogens (primary N) is 1. The van der Waals surface area contributed by atoms with Crippen LogP contribution in [0.1, 0.15) is 12.0 Å². The van der Waals surface area contributed by atoms with Crippen molar-refractivity contribution in [2.24, 2.45) is 0 Å². The molecule has 0 bridgehead atoms. The number of rotatable bonds is 6. The molecule has 0 aliphatic rings. The predicted octanol–water partition coefficient (Wildman–Crippen LogP) is 0.102. The van der Waals surface area contributed by atoms with Crippen LogP contribution in [0.2, 0.25) is 0 Å². The van der Waals surface area contributed by atoms with Gasteiger partial charge in [-0.15, -0.1) is 0 Å². The second-order valence-electron chi connectivity index (χ2n) is 3.47. The van der Waals surface area contributed by atoms with E-state index in [2.05, 4.69) is 5.32 Å². The molecule has 4 nitrogen and oxygen atoms in total. The molecule has 15 heavy (non-hydrogen) atoms. The first-order valence-corrected chi connectivity index (χ1v) is 5.09. The summed E-state index contributed by atoms with van der Waals surface area (Å²) in [5.74, 6) is 0. The summed E-state index contributed by atoms with van der Waals surface area (Å²) >= 11 is 0. The van der Waals surface area contributed by atoms with Crippen LogP contribution in [0.3, 0.4) is 0 Å². The van der Waals surface area contributed by atoms with E-state index in [0.717, 1.165) is 17.7 Å². The highest BCUT2D eigenvalue weighted by Gasteiger charge is 2.02. The lowest BCUT2D eigenvalue weighted by Crippen LogP contribution is -2.31. The minimum Gasteiger partial charge on any atom is -0.399 e. The Kier molecular flexibility index (Phi) is 5.10. The molecule has 4 heteroatoms. The van der Waals surface area contributed by atoms with Crippen LogP contribution in [0, 0.1) is 0 Å². The van der Waals surface area contributed by atoms with Crippen molar-refractivity contribution in [1.82, 2.24) is 5.32 Å². The van der Waals surface area contributed by atoms with Crippen LogP contribution in [-0.4, -0.2) is 29.6 Å². The molecule has 1 atom stereocenters. The average Bonchev–Trinajstić information content (AvgIpc) is 2.25. The van der Waals surface area contributed by atoms with Gasteiger partial charge in [0.1, 0.15) is 6.23 Å². The van der Waals surface area contributed by atoms with E-state index < -0.39 is 6.23 Å². The SMILES string of the molecule is Nc1ccc(CCC(O)NCCO)cc1. The van der Waals surface area contributed by atoms with Gasteiger partial charge in [0.2, 0.25) is 0 Å². The van der Waals surface area contributed by atoms with E-state index in [9.17, 15) is 5.11 Å². The maximum atomic E-state index is 9.45. The number of hydrogen-bond donors (Lipinski definition) is 4. The second-order valence-corrected chi connectivity index (χ2v) is 3.47. The first-order valence-electron chi connectivity index (χ1n) is 5.09. The van der Waals surface area contributed by atoms with Gasteiger partial charge >= 0.3 is 0 Å². The van der Waals surface area contributed by atoms with Gasteiger partial charge in [-0.25, -0.2) is 0 Å². The minimum absolute atomic E-state index is 0.0406. The molecule has 0 aliphatic heterocycles. The van der Waals surface area contributed by atoms with E-state index in [0.29, 0.717) is 13.0 Å². The Labute approximate surface area is 89.7 Å². The minimum atomic E-state index is -0.560. The second kappa shape index (κ2) is 6.40. The maximum absolute atomic E-state index is 9.45. The maximum Gasteiger partial charge on any atom is 0.105 e. The Balaban J connectivity index is 2.27. The van der Waals surface area contributed by atoms with E-state index >= 15 is 0 Å². The lowest BCUT2D eigenvalue weighted by Gasteiger charge is -2.11. The fourth-order valence-corrected chi connectivity index (χ4v) is 1.32. The van der Waals surface area contributed by atoms with E-state index in [4.69, 9.17) is 10.8 Å².